The molecular weight excluding hydrogens is 238 g/mol. The molecule has 0 aliphatic carbocycles. The molecule has 5 nitrogen and oxygen atoms in total. The Bertz CT molecular complexity index is 480. The van der Waals surface area contributed by atoms with Gasteiger partial charge < -0.3 is 0 Å². The molecule has 66 valence electrons. The van der Waals surface area contributed by atoms with Crippen LogP contribution in [0.2, 0.25) is 0 Å². The summed E-state index contributed by atoms with van der Waals surface area (Å²) < 4.78 is 0.462. The largest absolute Gasteiger partial charge is 0.284 e. The van der Waals surface area contributed by atoms with Crippen molar-refractivity contribution in [3.8, 4) is 0 Å². The second kappa shape index (κ2) is 2.81. The van der Waals surface area contributed by atoms with Gasteiger partial charge in [0.25, 0.3) is 5.69 Å². The fourth-order valence-electron chi connectivity index (χ4n) is 1.11. The first-order chi connectivity index (χ1) is 6.20. The third-order valence-electron chi connectivity index (χ3n) is 1.73. The van der Waals surface area contributed by atoms with Crippen molar-refractivity contribution in [3.63, 3.8) is 0 Å². The molecule has 0 radical (unpaired) electrons. The van der Waals surface area contributed by atoms with Crippen LogP contribution in [0.1, 0.15) is 0 Å². The molecule has 1 N–H and O–H groups in total. The lowest BCUT2D eigenvalue weighted by molar-refractivity contribution is -0.385. The lowest BCUT2D eigenvalue weighted by atomic mass is 10.2. The van der Waals surface area contributed by atoms with Gasteiger partial charge in [-0.2, -0.15) is 5.10 Å². The average molecular weight is 242 g/mol. The van der Waals surface area contributed by atoms with Gasteiger partial charge in [0.15, 0.2) is 0 Å². The standard InChI is InChI=1S/C7H4BrN3O2/c8-7-4-3-9-10-5(4)1-2-6(7)11(12)13/h1-3H,(H,9,10). The molecule has 0 spiro atoms. The van der Waals surface area contributed by atoms with Crippen molar-refractivity contribution < 1.29 is 4.92 Å². The van der Waals surface area contributed by atoms with Crippen molar-refractivity contribution in [2.45, 2.75) is 0 Å². The topological polar surface area (TPSA) is 71.8 Å². The zero-order chi connectivity index (χ0) is 9.42. The summed E-state index contributed by atoms with van der Waals surface area (Å²) in [5, 5.41) is 17.8. The Hall–Kier alpha value is -1.43. The third-order valence-corrected chi connectivity index (χ3v) is 2.56. The Labute approximate surface area is 81.0 Å². The number of rotatable bonds is 1. The highest BCUT2D eigenvalue weighted by Gasteiger charge is 2.14. The van der Waals surface area contributed by atoms with Crippen LogP contribution in [0.4, 0.5) is 5.69 Å². The number of nitro groups is 1. The highest BCUT2D eigenvalue weighted by Crippen LogP contribution is 2.31. The molecule has 2 aromatic rings. The van der Waals surface area contributed by atoms with Gasteiger partial charge in [-0.25, -0.2) is 0 Å². The fourth-order valence-corrected chi connectivity index (χ4v) is 1.71. The van der Waals surface area contributed by atoms with Gasteiger partial charge in [-0.1, -0.05) is 0 Å². The van der Waals surface area contributed by atoms with Crippen LogP contribution < -0.4 is 0 Å². The number of aromatic nitrogens is 2. The molecule has 0 aliphatic heterocycles. The quantitative estimate of drug-likeness (QED) is 0.615. The predicted molar refractivity (Wildman–Crippen MR) is 50.4 cm³/mol. The maximum atomic E-state index is 10.5. The monoisotopic (exact) mass is 241 g/mol. The molecule has 0 saturated heterocycles. The zero-order valence-electron chi connectivity index (χ0n) is 6.32. The van der Waals surface area contributed by atoms with Crippen molar-refractivity contribution in [2.75, 3.05) is 0 Å². The van der Waals surface area contributed by atoms with Crippen LogP contribution in [0.25, 0.3) is 10.9 Å². The van der Waals surface area contributed by atoms with E-state index in [1.54, 1.807) is 12.3 Å². The second-order valence-corrected chi connectivity index (χ2v) is 3.27. The summed E-state index contributed by atoms with van der Waals surface area (Å²) in [4.78, 5) is 10.1. The first kappa shape index (κ1) is 8.18. The van der Waals surface area contributed by atoms with Crippen molar-refractivity contribution in [1.29, 1.82) is 0 Å². The first-order valence-corrected chi connectivity index (χ1v) is 4.26. The Morgan fingerprint density at radius 2 is 2.31 bits per heavy atom. The molecule has 0 unspecified atom stereocenters. The molecule has 1 aromatic carbocycles. The third kappa shape index (κ3) is 1.19. The molecule has 0 saturated carbocycles. The van der Waals surface area contributed by atoms with Crippen LogP contribution in [0.5, 0.6) is 0 Å². The maximum Gasteiger partial charge on any atom is 0.284 e. The minimum Gasteiger partial charge on any atom is -0.284 e. The number of nitrogens with zero attached hydrogens (tertiary/aromatic N) is 2. The van der Waals surface area contributed by atoms with Crippen molar-refractivity contribution in [2.24, 2.45) is 0 Å². The number of nitro benzene ring substituents is 1. The molecular formula is C7H4BrN3O2. The van der Waals surface area contributed by atoms with Crippen LogP contribution in [-0.2, 0) is 0 Å². The Kier molecular flexibility index (Phi) is 1.77. The summed E-state index contributed by atoms with van der Waals surface area (Å²) in [6, 6.07) is 3.03. The van der Waals surface area contributed by atoms with E-state index in [1.807, 2.05) is 0 Å². The molecule has 1 aromatic heterocycles. The van der Waals surface area contributed by atoms with Crippen LogP contribution in [0.3, 0.4) is 0 Å². The van der Waals surface area contributed by atoms with Crippen molar-refractivity contribution >= 4 is 32.5 Å². The van der Waals surface area contributed by atoms with E-state index >= 15 is 0 Å². The second-order valence-electron chi connectivity index (χ2n) is 2.47. The summed E-state index contributed by atoms with van der Waals surface area (Å²) in [6.45, 7) is 0. The van der Waals surface area contributed by atoms with Crippen LogP contribution in [0, 0.1) is 10.1 Å². The lowest BCUT2D eigenvalue weighted by Crippen LogP contribution is -1.88. The smallest absolute Gasteiger partial charge is 0.284 e. The van der Waals surface area contributed by atoms with E-state index in [0.29, 0.717) is 15.4 Å². The van der Waals surface area contributed by atoms with Crippen molar-refractivity contribution in [3.05, 3.63) is 32.9 Å². The highest BCUT2D eigenvalue weighted by atomic mass is 79.9. The van der Waals surface area contributed by atoms with Gasteiger partial charge in [0.2, 0.25) is 0 Å². The van der Waals surface area contributed by atoms with Gasteiger partial charge in [0.05, 0.1) is 10.4 Å². The van der Waals surface area contributed by atoms with Gasteiger partial charge in [0, 0.05) is 17.6 Å². The molecule has 0 amide bonds. The highest BCUT2D eigenvalue weighted by molar-refractivity contribution is 9.10. The van der Waals surface area contributed by atoms with E-state index in [9.17, 15) is 10.1 Å². The Morgan fingerprint density at radius 1 is 1.54 bits per heavy atom. The van der Waals surface area contributed by atoms with Gasteiger partial charge >= 0.3 is 0 Å². The van der Waals surface area contributed by atoms with Crippen LogP contribution in [-0.4, -0.2) is 15.1 Å². The number of benzene rings is 1. The molecule has 0 fully saturated rings. The summed E-state index contributed by atoms with van der Waals surface area (Å²) >= 11 is 3.16. The fraction of sp³-hybridized carbons (Fsp3) is 0. The van der Waals surface area contributed by atoms with Crippen LogP contribution in [0.15, 0.2) is 22.8 Å². The number of nitrogens with one attached hydrogen (secondary N) is 1. The molecule has 13 heavy (non-hydrogen) atoms. The summed E-state index contributed by atoms with van der Waals surface area (Å²) in [5.74, 6) is 0. The lowest BCUT2D eigenvalue weighted by Gasteiger charge is -1.94. The van der Waals surface area contributed by atoms with Gasteiger partial charge in [-0.05, 0) is 22.0 Å². The minimum absolute atomic E-state index is 0.0499. The minimum atomic E-state index is -0.434. The zero-order valence-corrected chi connectivity index (χ0v) is 7.91. The van der Waals surface area contributed by atoms with Crippen LogP contribution >= 0.6 is 15.9 Å². The Morgan fingerprint density at radius 3 is 3.00 bits per heavy atom. The number of aromatic amines is 1. The summed E-state index contributed by atoms with van der Waals surface area (Å²) in [6.07, 6.45) is 1.62. The molecule has 6 heteroatoms. The number of fused-ring (bicyclic) bond motifs is 1. The van der Waals surface area contributed by atoms with Gasteiger partial charge in [0.1, 0.15) is 4.47 Å². The molecule has 2 rings (SSSR count). The maximum absolute atomic E-state index is 10.5. The summed E-state index contributed by atoms with van der Waals surface area (Å²) in [5.41, 5.74) is 0.756. The predicted octanol–water partition coefficient (Wildman–Crippen LogP) is 2.23. The van der Waals surface area contributed by atoms with E-state index in [2.05, 4.69) is 26.1 Å². The number of hydrogen-bond donors (Lipinski definition) is 1. The van der Waals surface area contributed by atoms with E-state index < -0.39 is 4.92 Å². The van der Waals surface area contributed by atoms with Crippen molar-refractivity contribution in [1.82, 2.24) is 10.2 Å². The SMILES string of the molecule is O=[N+]([O-])c1ccc2n[nH]cc2c1Br. The van der Waals surface area contributed by atoms with E-state index in [4.69, 9.17) is 0 Å². The normalized spacial score (nSPS) is 10.5. The average Bonchev–Trinajstić information content (AvgIpc) is 2.52. The summed E-state index contributed by atoms with van der Waals surface area (Å²) in [7, 11) is 0. The van der Waals surface area contributed by atoms with E-state index in [0.717, 1.165) is 0 Å². The van der Waals surface area contributed by atoms with Gasteiger partial charge in [-0.15, -0.1) is 0 Å². The first-order valence-electron chi connectivity index (χ1n) is 3.46. The molecule has 0 atom stereocenters. The molecule has 1 heterocycles. The Balaban J connectivity index is 2.80. The number of halogens is 1. The van der Waals surface area contributed by atoms with E-state index in [1.165, 1.54) is 6.07 Å². The number of H-pyrrole nitrogens is 1. The van der Waals surface area contributed by atoms with E-state index in [-0.39, 0.29) is 5.69 Å². The number of hydrogen-bond acceptors (Lipinski definition) is 3. The molecule has 0 aliphatic rings. The van der Waals surface area contributed by atoms with Gasteiger partial charge in [-0.3, -0.25) is 15.2 Å². The molecule has 0 bridgehead atoms.